The van der Waals surface area contributed by atoms with E-state index in [1.807, 2.05) is 0 Å². The Balaban J connectivity index is 1.42. The van der Waals surface area contributed by atoms with Crippen LogP contribution >= 0.6 is 0 Å². The molecule has 0 saturated carbocycles. The third-order valence-electron chi connectivity index (χ3n) is 6.28. The quantitative estimate of drug-likeness (QED) is 0.560. The number of nitrogens with zero attached hydrogens (tertiary/aromatic N) is 2. The molecule has 0 unspecified atom stereocenters. The van der Waals surface area contributed by atoms with Crippen molar-refractivity contribution in [3.8, 4) is 0 Å². The van der Waals surface area contributed by atoms with E-state index in [-0.39, 0.29) is 29.1 Å². The Morgan fingerprint density at radius 2 is 1.78 bits per heavy atom. The molecule has 0 aromatic heterocycles. The topological polar surface area (TPSA) is 86.8 Å². The van der Waals surface area contributed by atoms with Gasteiger partial charge in [0.05, 0.1) is 18.0 Å². The van der Waals surface area contributed by atoms with Crippen LogP contribution in [0, 0.1) is 0 Å². The fourth-order valence-electron chi connectivity index (χ4n) is 4.25. The van der Waals surface area contributed by atoms with Gasteiger partial charge >= 0.3 is 0 Å². The van der Waals surface area contributed by atoms with Gasteiger partial charge in [0.15, 0.2) is 0 Å². The van der Waals surface area contributed by atoms with Gasteiger partial charge in [0.25, 0.3) is 17.8 Å². The Labute approximate surface area is 206 Å². The monoisotopic (exact) mass is 527 g/mol. The molecule has 194 valence electrons. The zero-order valence-corrected chi connectivity index (χ0v) is 20.2. The van der Waals surface area contributed by atoms with Crippen molar-refractivity contribution in [3.05, 3.63) is 65.2 Å². The number of amides is 2. The average molecular weight is 528 g/mol. The van der Waals surface area contributed by atoms with Crippen LogP contribution < -0.4 is 5.32 Å². The maximum Gasteiger partial charge on any atom is 0.275 e. The van der Waals surface area contributed by atoms with Gasteiger partial charge in [0.2, 0.25) is 15.9 Å². The molecule has 2 aromatic carbocycles. The SMILES string of the molecule is CC(F)(F)c1ccc(CNC(=O)[C@H]2CCCN2C(=O)c2cccc(S(=O)(=O)N3CC(F)(F)C3)c2)cc1. The number of alkyl halides is 4. The number of nitrogens with one attached hydrogen (secondary N) is 1. The molecule has 1 N–H and O–H groups in total. The Kier molecular flexibility index (Phi) is 6.86. The van der Waals surface area contributed by atoms with E-state index in [4.69, 9.17) is 0 Å². The summed E-state index contributed by atoms with van der Waals surface area (Å²) in [4.78, 5) is 27.0. The summed E-state index contributed by atoms with van der Waals surface area (Å²) >= 11 is 0. The fourth-order valence-corrected chi connectivity index (χ4v) is 5.79. The number of rotatable bonds is 7. The highest BCUT2D eigenvalue weighted by Gasteiger charge is 2.50. The number of sulfonamides is 1. The molecule has 0 aliphatic carbocycles. The zero-order chi connectivity index (χ0) is 26.3. The molecule has 2 heterocycles. The first kappa shape index (κ1) is 26.1. The first-order valence-electron chi connectivity index (χ1n) is 11.3. The minimum absolute atomic E-state index is 0.0270. The molecule has 0 radical (unpaired) electrons. The zero-order valence-electron chi connectivity index (χ0n) is 19.4. The lowest BCUT2D eigenvalue weighted by molar-refractivity contribution is -0.125. The summed E-state index contributed by atoms with van der Waals surface area (Å²) in [5, 5.41) is 2.71. The van der Waals surface area contributed by atoms with Crippen molar-refractivity contribution in [1.29, 1.82) is 0 Å². The predicted molar refractivity (Wildman–Crippen MR) is 122 cm³/mol. The number of halogens is 4. The van der Waals surface area contributed by atoms with Crippen LogP contribution in [-0.4, -0.2) is 61.0 Å². The number of hydrogen-bond donors (Lipinski definition) is 1. The second-order valence-electron chi connectivity index (χ2n) is 9.12. The molecule has 1 atom stereocenters. The average Bonchev–Trinajstić information content (AvgIpc) is 3.30. The molecule has 12 heteroatoms. The van der Waals surface area contributed by atoms with Gasteiger partial charge in [-0.25, -0.2) is 26.0 Å². The lowest BCUT2D eigenvalue weighted by Gasteiger charge is -2.37. The third-order valence-corrected chi connectivity index (χ3v) is 8.07. The van der Waals surface area contributed by atoms with E-state index in [0.29, 0.717) is 22.7 Å². The molecule has 7 nitrogen and oxygen atoms in total. The van der Waals surface area contributed by atoms with Crippen LogP contribution in [0.4, 0.5) is 17.6 Å². The van der Waals surface area contributed by atoms with E-state index in [0.717, 1.165) is 13.0 Å². The standard InChI is InChI=1S/C24H25F4N3O4S/c1-23(25,26)18-9-7-16(8-10-18)13-29-21(32)20-6-3-11-31(20)22(33)17-4-2-5-19(12-17)36(34,35)30-14-24(27,28)15-30/h2,4-5,7-10,12,20H,3,6,11,13-15H2,1H3,(H,29,32)/t20-/m1/s1. The van der Waals surface area contributed by atoms with Gasteiger partial charge in [-0.15, -0.1) is 0 Å². The van der Waals surface area contributed by atoms with Crippen molar-refractivity contribution in [3.63, 3.8) is 0 Å². The molecule has 0 spiro atoms. The number of carbonyl (C=O) groups is 2. The Bertz CT molecular complexity index is 1250. The van der Waals surface area contributed by atoms with Gasteiger partial charge in [0, 0.05) is 31.1 Å². The van der Waals surface area contributed by atoms with Crippen molar-refractivity contribution in [1.82, 2.24) is 14.5 Å². The molecule has 2 aromatic rings. The lowest BCUT2D eigenvalue weighted by Crippen LogP contribution is -2.58. The van der Waals surface area contributed by atoms with E-state index < -0.39 is 52.8 Å². The molecule has 36 heavy (non-hydrogen) atoms. The second-order valence-corrected chi connectivity index (χ2v) is 11.1. The number of benzene rings is 2. The minimum atomic E-state index is -4.18. The molecule has 0 bridgehead atoms. The van der Waals surface area contributed by atoms with Crippen molar-refractivity contribution in [2.24, 2.45) is 0 Å². The third kappa shape index (κ3) is 5.39. The molecule has 2 amide bonds. The van der Waals surface area contributed by atoms with Crippen molar-refractivity contribution < 1.29 is 35.6 Å². The van der Waals surface area contributed by atoms with Crippen LogP contribution in [0.1, 0.15) is 41.3 Å². The molecule has 2 fully saturated rings. The molecule has 4 rings (SSSR count). The van der Waals surface area contributed by atoms with E-state index >= 15 is 0 Å². The second kappa shape index (κ2) is 9.47. The summed E-state index contributed by atoms with van der Waals surface area (Å²) in [5.74, 6) is -7.01. The van der Waals surface area contributed by atoms with Crippen molar-refractivity contribution in [2.45, 2.75) is 49.1 Å². The van der Waals surface area contributed by atoms with E-state index in [9.17, 15) is 35.6 Å². The van der Waals surface area contributed by atoms with Crippen LogP contribution in [0.15, 0.2) is 53.4 Å². The summed E-state index contributed by atoms with van der Waals surface area (Å²) in [5.41, 5.74) is 0.498. The number of carbonyl (C=O) groups excluding carboxylic acids is 2. The smallest absolute Gasteiger partial charge is 0.275 e. The molecule has 2 aliphatic rings. The predicted octanol–water partition coefficient (Wildman–Crippen LogP) is 3.36. The van der Waals surface area contributed by atoms with Gasteiger partial charge < -0.3 is 10.2 Å². The summed E-state index contributed by atoms with van der Waals surface area (Å²) in [6.07, 6.45) is 0.963. The first-order valence-corrected chi connectivity index (χ1v) is 12.8. The normalized spacial score (nSPS) is 20.1. The maximum absolute atomic E-state index is 13.4. The summed E-state index contributed by atoms with van der Waals surface area (Å²) in [6, 6.07) is 9.89. The minimum Gasteiger partial charge on any atom is -0.350 e. The molecular formula is C24H25F4N3O4S. The van der Waals surface area contributed by atoms with Gasteiger partial charge in [0.1, 0.15) is 6.04 Å². The molecule has 2 aliphatic heterocycles. The van der Waals surface area contributed by atoms with Crippen LogP contribution in [0.25, 0.3) is 0 Å². The van der Waals surface area contributed by atoms with Crippen LogP contribution in [0.3, 0.4) is 0 Å². The highest BCUT2D eigenvalue weighted by Crippen LogP contribution is 2.32. The molecular weight excluding hydrogens is 502 g/mol. The van der Waals surface area contributed by atoms with Crippen LogP contribution in [0.2, 0.25) is 0 Å². The van der Waals surface area contributed by atoms with Crippen LogP contribution in [0.5, 0.6) is 0 Å². The number of hydrogen-bond acceptors (Lipinski definition) is 4. The maximum atomic E-state index is 13.4. The van der Waals surface area contributed by atoms with Gasteiger partial charge in [-0.1, -0.05) is 30.3 Å². The van der Waals surface area contributed by atoms with Gasteiger partial charge in [-0.3, -0.25) is 9.59 Å². The largest absolute Gasteiger partial charge is 0.350 e. The Morgan fingerprint density at radius 1 is 1.11 bits per heavy atom. The molecule has 2 saturated heterocycles. The highest BCUT2D eigenvalue weighted by molar-refractivity contribution is 7.89. The van der Waals surface area contributed by atoms with Crippen molar-refractivity contribution in [2.75, 3.05) is 19.6 Å². The summed E-state index contributed by atoms with van der Waals surface area (Å²) < 4.78 is 79.0. The van der Waals surface area contributed by atoms with Gasteiger partial charge in [-0.2, -0.15) is 4.31 Å². The van der Waals surface area contributed by atoms with E-state index in [1.54, 1.807) is 0 Å². The highest BCUT2D eigenvalue weighted by atomic mass is 32.2. The number of likely N-dealkylation sites (tertiary alicyclic amines) is 1. The Morgan fingerprint density at radius 3 is 2.39 bits per heavy atom. The van der Waals surface area contributed by atoms with E-state index in [1.165, 1.54) is 47.4 Å². The first-order chi connectivity index (χ1) is 16.8. The van der Waals surface area contributed by atoms with Gasteiger partial charge in [-0.05, 0) is 36.6 Å². The van der Waals surface area contributed by atoms with E-state index in [2.05, 4.69) is 5.32 Å². The fraction of sp³-hybridized carbons (Fsp3) is 0.417. The van der Waals surface area contributed by atoms with Crippen molar-refractivity contribution >= 4 is 21.8 Å². The lowest BCUT2D eigenvalue weighted by atomic mass is 10.1. The van der Waals surface area contributed by atoms with Crippen LogP contribution in [-0.2, 0) is 27.3 Å². The summed E-state index contributed by atoms with van der Waals surface area (Å²) in [6.45, 7) is -0.658. The Hall–Kier alpha value is -2.99. The summed E-state index contributed by atoms with van der Waals surface area (Å²) in [7, 11) is -4.18.